The zero-order chi connectivity index (χ0) is 19.3. The molecule has 0 aliphatic carbocycles. The van der Waals surface area contributed by atoms with E-state index in [1.807, 2.05) is 67.6 Å². The van der Waals surface area contributed by atoms with Gasteiger partial charge in [0.25, 0.3) is 0 Å². The Hall–Kier alpha value is -3.13. The first kappa shape index (κ1) is 18.2. The quantitative estimate of drug-likeness (QED) is 0.481. The van der Waals surface area contributed by atoms with Gasteiger partial charge in [0.1, 0.15) is 0 Å². The van der Waals surface area contributed by atoms with E-state index in [9.17, 15) is 4.79 Å². The lowest BCUT2D eigenvalue weighted by molar-refractivity contribution is 0.380. The third-order valence-electron chi connectivity index (χ3n) is 4.29. The lowest BCUT2D eigenvalue weighted by atomic mass is 10.1. The Morgan fingerprint density at radius 1 is 1.11 bits per heavy atom. The minimum absolute atomic E-state index is 0.143. The van der Waals surface area contributed by atoms with Crippen molar-refractivity contribution < 1.29 is 4.52 Å². The maximum atomic E-state index is 12.1. The fraction of sp³-hybridized carbons (Fsp3) is 0.200. The molecule has 4 aromatic rings. The minimum Gasteiger partial charge on any atom is -0.338 e. The van der Waals surface area contributed by atoms with E-state index in [2.05, 4.69) is 20.3 Å². The molecule has 0 bridgehead atoms. The second-order valence-electron chi connectivity index (χ2n) is 6.28. The average Bonchev–Trinajstić information content (AvgIpc) is 3.36. The summed E-state index contributed by atoms with van der Waals surface area (Å²) in [6.45, 7) is 2.50. The molecule has 0 aliphatic rings. The Morgan fingerprint density at radius 3 is 2.57 bits per heavy atom. The zero-order valence-electron chi connectivity index (χ0n) is 15.3. The van der Waals surface area contributed by atoms with Gasteiger partial charge < -0.3 is 4.52 Å². The molecule has 0 spiro atoms. The number of aryl methyl sites for hydroxylation is 1. The number of rotatable bonds is 7. The highest BCUT2D eigenvalue weighted by Crippen LogP contribution is 2.33. The number of hydrogen-bond acceptors (Lipinski definition) is 6. The van der Waals surface area contributed by atoms with Crippen molar-refractivity contribution in [3.63, 3.8) is 0 Å². The number of nitrogens with zero attached hydrogens (tertiary/aromatic N) is 4. The lowest BCUT2D eigenvalue weighted by Crippen LogP contribution is -2.19. The van der Waals surface area contributed by atoms with Crippen molar-refractivity contribution in [3.8, 4) is 11.4 Å². The fourth-order valence-corrected chi connectivity index (χ4v) is 3.70. The maximum Gasteiger partial charge on any atom is 0.343 e. The second-order valence-corrected chi connectivity index (χ2v) is 7.59. The van der Waals surface area contributed by atoms with Crippen LogP contribution in [0.3, 0.4) is 0 Å². The van der Waals surface area contributed by atoms with E-state index in [0.29, 0.717) is 23.4 Å². The van der Waals surface area contributed by atoms with Crippen molar-refractivity contribution in [1.82, 2.24) is 24.9 Å². The number of thioether (sulfide) groups is 1. The van der Waals surface area contributed by atoms with E-state index >= 15 is 0 Å². The molecule has 2 heterocycles. The van der Waals surface area contributed by atoms with E-state index < -0.39 is 0 Å². The van der Waals surface area contributed by atoms with Gasteiger partial charge in [-0.05, 0) is 18.9 Å². The summed E-state index contributed by atoms with van der Waals surface area (Å²) in [7, 11) is 0. The minimum atomic E-state index is -0.221. The SMILES string of the molecule is C[C@@H](Sc1n[nH]c(=O)n1CCc1ccccc1)c1nc(-c2ccccc2)no1. The van der Waals surface area contributed by atoms with Crippen molar-refractivity contribution in [3.05, 3.63) is 82.6 Å². The summed E-state index contributed by atoms with van der Waals surface area (Å²) < 4.78 is 7.06. The van der Waals surface area contributed by atoms with Crippen LogP contribution in [0.1, 0.15) is 23.6 Å². The topological polar surface area (TPSA) is 89.6 Å². The number of benzene rings is 2. The first-order valence-corrected chi connectivity index (χ1v) is 9.83. The summed E-state index contributed by atoms with van der Waals surface area (Å²) in [5.41, 5.74) is 1.85. The molecule has 8 heteroatoms. The summed E-state index contributed by atoms with van der Waals surface area (Å²) in [6, 6.07) is 19.7. The van der Waals surface area contributed by atoms with Gasteiger partial charge in [-0.2, -0.15) is 4.98 Å². The van der Waals surface area contributed by atoms with Crippen molar-refractivity contribution in [2.75, 3.05) is 0 Å². The number of hydrogen-bond donors (Lipinski definition) is 1. The van der Waals surface area contributed by atoms with E-state index in [1.165, 1.54) is 17.3 Å². The molecule has 0 fully saturated rings. The average molecular weight is 393 g/mol. The molecule has 1 atom stereocenters. The molecule has 2 aromatic heterocycles. The highest BCUT2D eigenvalue weighted by Gasteiger charge is 2.20. The Morgan fingerprint density at radius 2 is 1.82 bits per heavy atom. The van der Waals surface area contributed by atoms with Crippen molar-refractivity contribution >= 4 is 11.8 Å². The smallest absolute Gasteiger partial charge is 0.338 e. The van der Waals surface area contributed by atoms with Gasteiger partial charge in [-0.15, -0.1) is 5.10 Å². The number of nitrogens with one attached hydrogen (secondary N) is 1. The lowest BCUT2D eigenvalue weighted by Gasteiger charge is -2.08. The molecule has 7 nitrogen and oxygen atoms in total. The van der Waals surface area contributed by atoms with Crippen LogP contribution in [0.4, 0.5) is 0 Å². The predicted octanol–water partition coefficient (Wildman–Crippen LogP) is 3.72. The second kappa shape index (κ2) is 8.26. The van der Waals surface area contributed by atoms with Gasteiger partial charge in [-0.25, -0.2) is 9.89 Å². The molecule has 0 saturated heterocycles. The molecular formula is C20H19N5O2S. The van der Waals surface area contributed by atoms with Gasteiger partial charge in [-0.1, -0.05) is 77.6 Å². The molecule has 142 valence electrons. The number of aromatic nitrogens is 5. The third kappa shape index (κ3) is 4.07. The fourth-order valence-electron chi connectivity index (χ4n) is 2.79. The van der Waals surface area contributed by atoms with Crippen LogP contribution in [-0.2, 0) is 13.0 Å². The van der Waals surface area contributed by atoms with Crippen LogP contribution in [-0.4, -0.2) is 24.9 Å². The van der Waals surface area contributed by atoms with Gasteiger partial charge in [0.15, 0.2) is 5.16 Å². The zero-order valence-corrected chi connectivity index (χ0v) is 16.1. The van der Waals surface area contributed by atoms with Crippen LogP contribution < -0.4 is 5.69 Å². The van der Waals surface area contributed by atoms with Crippen LogP contribution in [0.15, 0.2) is 75.1 Å². The van der Waals surface area contributed by atoms with Crippen LogP contribution in [0, 0.1) is 0 Å². The van der Waals surface area contributed by atoms with E-state index in [4.69, 9.17) is 4.52 Å². The summed E-state index contributed by atoms with van der Waals surface area (Å²) in [5.74, 6) is 1.04. The number of H-pyrrole nitrogens is 1. The Kier molecular flexibility index (Phi) is 5.38. The van der Waals surface area contributed by atoms with Crippen molar-refractivity contribution in [2.45, 2.75) is 30.3 Å². The van der Waals surface area contributed by atoms with Crippen molar-refractivity contribution in [2.24, 2.45) is 0 Å². The molecule has 2 aromatic carbocycles. The molecule has 1 N–H and O–H groups in total. The normalized spacial score (nSPS) is 12.2. The monoisotopic (exact) mass is 393 g/mol. The summed E-state index contributed by atoms with van der Waals surface area (Å²) in [6.07, 6.45) is 0.751. The summed E-state index contributed by atoms with van der Waals surface area (Å²) in [5, 5.41) is 11.2. The Bertz CT molecular complexity index is 1090. The highest BCUT2D eigenvalue weighted by molar-refractivity contribution is 7.99. The predicted molar refractivity (Wildman–Crippen MR) is 107 cm³/mol. The molecule has 0 amide bonds. The Balaban J connectivity index is 1.47. The molecule has 0 unspecified atom stereocenters. The first-order valence-electron chi connectivity index (χ1n) is 8.95. The largest absolute Gasteiger partial charge is 0.343 e. The Labute approximate surface area is 165 Å². The van der Waals surface area contributed by atoms with Gasteiger partial charge in [0.2, 0.25) is 11.7 Å². The van der Waals surface area contributed by atoms with Gasteiger partial charge >= 0.3 is 5.69 Å². The standard InChI is InChI=1S/C20H19N5O2S/c1-14(18-21-17(24-27-18)16-10-6-3-7-11-16)28-20-23-22-19(26)25(20)13-12-15-8-4-2-5-9-15/h2-11,14H,12-13H2,1H3,(H,22,26)/t14-/m1/s1. The maximum absolute atomic E-state index is 12.1. The third-order valence-corrected chi connectivity index (χ3v) is 5.37. The van der Waals surface area contributed by atoms with E-state index in [1.54, 1.807) is 4.57 Å². The molecule has 28 heavy (non-hydrogen) atoms. The number of aromatic amines is 1. The molecule has 0 saturated carbocycles. The summed E-state index contributed by atoms with van der Waals surface area (Å²) >= 11 is 1.41. The van der Waals surface area contributed by atoms with Crippen LogP contribution in [0.25, 0.3) is 11.4 Å². The van der Waals surface area contributed by atoms with Crippen LogP contribution in [0.5, 0.6) is 0 Å². The van der Waals surface area contributed by atoms with Gasteiger partial charge in [-0.3, -0.25) is 4.57 Å². The van der Waals surface area contributed by atoms with E-state index in [0.717, 1.165) is 12.0 Å². The van der Waals surface area contributed by atoms with E-state index in [-0.39, 0.29) is 10.9 Å². The van der Waals surface area contributed by atoms with Gasteiger partial charge in [0.05, 0.1) is 5.25 Å². The van der Waals surface area contributed by atoms with Crippen molar-refractivity contribution in [1.29, 1.82) is 0 Å². The highest BCUT2D eigenvalue weighted by atomic mass is 32.2. The molecular weight excluding hydrogens is 374 g/mol. The molecule has 0 radical (unpaired) electrons. The van der Waals surface area contributed by atoms with Gasteiger partial charge in [0, 0.05) is 12.1 Å². The molecule has 0 aliphatic heterocycles. The van der Waals surface area contributed by atoms with Crippen LogP contribution >= 0.6 is 11.8 Å². The van der Waals surface area contributed by atoms with Crippen LogP contribution in [0.2, 0.25) is 0 Å². The summed E-state index contributed by atoms with van der Waals surface area (Å²) in [4.78, 5) is 16.6. The molecule has 4 rings (SSSR count). The first-order chi connectivity index (χ1) is 13.7.